The number of aryl methyl sites for hydroxylation is 1. The van der Waals surface area contributed by atoms with Crippen molar-refractivity contribution in [3.63, 3.8) is 0 Å². The number of carbonyl (C=O) groups is 2. The minimum absolute atomic E-state index is 0.217. The average molecular weight is 371 g/mol. The van der Waals surface area contributed by atoms with Crippen LogP contribution < -0.4 is 15.4 Å². The largest absolute Gasteiger partial charge is 0.479 e. The zero-order valence-electron chi connectivity index (χ0n) is 14.1. The van der Waals surface area contributed by atoms with E-state index in [1.165, 1.54) is 0 Å². The molecule has 0 radical (unpaired) electrons. The number of fused-ring (bicyclic) bond motifs is 2. The molecule has 0 unspecified atom stereocenters. The van der Waals surface area contributed by atoms with Crippen molar-refractivity contribution in [3.05, 3.63) is 52.7 Å². The van der Waals surface area contributed by atoms with E-state index in [0.717, 1.165) is 5.39 Å². The number of carbonyl (C=O) groups excluding carboxylic acids is 2. The van der Waals surface area contributed by atoms with Crippen LogP contribution in [0.15, 0.2) is 40.8 Å². The topological polar surface area (TPSA) is 80.6 Å². The lowest BCUT2D eigenvalue weighted by Gasteiger charge is -2.23. The Labute approximate surface area is 154 Å². The summed E-state index contributed by atoms with van der Waals surface area (Å²) in [5.41, 5.74) is 2.34. The second-order valence-corrected chi connectivity index (χ2v) is 6.55. The lowest BCUT2D eigenvalue weighted by molar-refractivity contribution is -0.122. The second-order valence-electron chi connectivity index (χ2n) is 6.11. The van der Waals surface area contributed by atoms with Crippen molar-refractivity contribution in [3.8, 4) is 5.75 Å². The van der Waals surface area contributed by atoms with Crippen LogP contribution in [0.1, 0.15) is 23.0 Å². The third-order valence-corrected chi connectivity index (χ3v) is 4.51. The second kappa shape index (κ2) is 6.07. The minimum Gasteiger partial charge on any atom is -0.479 e. The number of halogens is 1. The molecule has 4 rings (SSSR count). The number of benzene rings is 2. The Hall–Kier alpha value is -2.99. The Morgan fingerprint density at radius 1 is 1.23 bits per heavy atom. The van der Waals surface area contributed by atoms with Gasteiger partial charge in [-0.25, -0.2) is 0 Å². The smallest absolute Gasteiger partial charge is 0.291 e. The highest BCUT2D eigenvalue weighted by Gasteiger charge is 2.24. The summed E-state index contributed by atoms with van der Waals surface area (Å²) in [6.45, 7) is 3.48. The number of furan rings is 1. The van der Waals surface area contributed by atoms with E-state index in [2.05, 4.69) is 10.6 Å². The normalized spacial score (nSPS) is 16.0. The van der Waals surface area contributed by atoms with E-state index in [-0.39, 0.29) is 17.6 Å². The molecular formula is C19H15ClN2O4. The van der Waals surface area contributed by atoms with Crippen LogP contribution in [0.5, 0.6) is 5.75 Å². The highest BCUT2D eigenvalue weighted by atomic mass is 35.5. The van der Waals surface area contributed by atoms with E-state index < -0.39 is 6.10 Å². The molecule has 26 heavy (non-hydrogen) atoms. The molecule has 1 aliphatic rings. The SMILES string of the molecule is Cc1c(C(=O)Nc2ccc3c(c2)NC(=O)[C@@H](C)O3)oc2ccc(Cl)cc12. The number of hydrogen-bond donors (Lipinski definition) is 2. The van der Waals surface area contributed by atoms with Gasteiger partial charge in [-0.2, -0.15) is 0 Å². The summed E-state index contributed by atoms with van der Waals surface area (Å²) in [5.74, 6) is 0.163. The van der Waals surface area contributed by atoms with Gasteiger partial charge < -0.3 is 19.8 Å². The van der Waals surface area contributed by atoms with Gasteiger partial charge in [0.05, 0.1) is 5.69 Å². The first-order chi connectivity index (χ1) is 12.4. The quantitative estimate of drug-likeness (QED) is 0.702. The molecule has 1 atom stereocenters. The van der Waals surface area contributed by atoms with Gasteiger partial charge in [-0.1, -0.05) is 11.6 Å². The summed E-state index contributed by atoms with van der Waals surface area (Å²) in [7, 11) is 0. The molecule has 0 bridgehead atoms. The number of rotatable bonds is 2. The first kappa shape index (κ1) is 16.5. The van der Waals surface area contributed by atoms with Crippen LogP contribution in [0, 0.1) is 6.92 Å². The third kappa shape index (κ3) is 2.78. The van der Waals surface area contributed by atoms with Crippen LogP contribution in [-0.2, 0) is 4.79 Å². The number of ether oxygens (including phenoxy) is 1. The average Bonchev–Trinajstić information content (AvgIpc) is 2.93. The molecule has 2 amide bonds. The van der Waals surface area contributed by atoms with Gasteiger partial charge in [-0.3, -0.25) is 9.59 Å². The molecule has 0 fully saturated rings. The van der Waals surface area contributed by atoms with Gasteiger partial charge in [0.25, 0.3) is 11.8 Å². The Morgan fingerprint density at radius 3 is 2.85 bits per heavy atom. The van der Waals surface area contributed by atoms with Gasteiger partial charge in [0, 0.05) is 21.7 Å². The molecule has 6 nitrogen and oxygen atoms in total. The van der Waals surface area contributed by atoms with Crippen LogP contribution in [0.2, 0.25) is 5.02 Å². The lowest BCUT2D eigenvalue weighted by Crippen LogP contribution is -2.34. The standard InChI is InChI=1S/C19H15ClN2O4/c1-9-13-7-11(20)3-5-15(13)26-17(9)19(24)21-12-4-6-16-14(8-12)22-18(23)10(2)25-16/h3-8,10H,1-2H3,(H,21,24)(H,22,23)/t10-/m1/s1. The predicted molar refractivity (Wildman–Crippen MR) is 99.1 cm³/mol. The van der Waals surface area contributed by atoms with E-state index in [0.29, 0.717) is 33.3 Å². The number of anilines is 2. The minimum atomic E-state index is -0.548. The van der Waals surface area contributed by atoms with Crippen molar-refractivity contribution in [1.29, 1.82) is 0 Å². The molecule has 2 N–H and O–H groups in total. The summed E-state index contributed by atoms with van der Waals surface area (Å²) in [4.78, 5) is 24.4. The van der Waals surface area contributed by atoms with Crippen molar-refractivity contribution in [1.82, 2.24) is 0 Å². The Morgan fingerprint density at radius 2 is 2.04 bits per heavy atom. The molecule has 0 saturated carbocycles. The Kier molecular flexibility index (Phi) is 3.85. The van der Waals surface area contributed by atoms with E-state index >= 15 is 0 Å². The number of hydrogen-bond acceptors (Lipinski definition) is 4. The Bertz CT molecular complexity index is 1060. The molecule has 3 aromatic rings. The summed E-state index contributed by atoms with van der Waals surface area (Å²) in [6, 6.07) is 10.3. The zero-order chi connectivity index (χ0) is 18.4. The van der Waals surface area contributed by atoms with Gasteiger partial charge in [-0.05, 0) is 50.2 Å². The zero-order valence-corrected chi connectivity index (χ0v) is 14.8. The predicted octanol–water partition coefficient (Wildman–Crippen LogP) is 4.37. The summed E-state index contributed by atoms with van der Waals surface area (Å²) in [6.07, 6.45) is -0.548. The highest BCUT2D eigenvalue weighted by molar-refractivity contribution is 6.31. The molecule has 1 aliphatic heterocycles. The maximum Gasteiger partial charge on any atom is 0.291 e. The fourth-order valence-electron chi connectivity index (χ4n) is 2.88. The van der Waals surface area contributed by atoms with Crippen LogP contribution in [-0.4, -0.2) is 17.9 Å². The lowest BCUT2D eigenvalue weighted by atomic mass is 10.1. The van der Waals surface area contributed by atoms with E-state index in [1.54, 1.807) is 50.2 Å². The molecule has 7 heteroatoms. The van der Waals surface area contributed by atoms with Gasteiger partial charge in [-0.15, -0.1) is 0 Å². The van der Waals surface area contributed by atoms with Crippen LogP contribution in [0.3, 0.4) is 0 Å². The van der Waals surface area contributed by atoms with Crippen molar-refractivity contribution in [2.24, 2.45) is 0 Å². The van der Waals surface area contributed by atoms with Crippen molar-refractivity contribution < 1.29 is 18.7 Å². The van der Waals surface area contributed by atoms with Gasteiger partial charge in [0.2, 0.25) is 0 Å². The molecule has 1 aromatic heterocycles. The van der Waals surface area contributed by atoms with Gasteiger partial charge >= 0.3 is 0 Å². The van der Waals surface area contributed by atoms with Gasteiger partial charge in [0.15, 0.2) is 11.9 Å². The van der Waals surface area contributed by atoms with Crippen LogP contribution in [0.25, 0.3) is 11.0 Å². The van der Waals surface area contributed by atoms with Crippen molar-refractivity contribution >= 4 is 45.8 Å². The van der Waals surface area contributed by atoms with Gasteiger partial charge in [0.1, 0.15) is 11.3 Å². The van der Waals surface area contributed by atoms with E-state index in [1.807, 2.05) is 0 Å². The van der Waals surface area contributed by atoms with Crippen LogP contribution in [0.4, 0.5) is 11.4 Å². The van der Waals surface area contributed by atoms with Crippen molar-refractivity contribution in [2.45, 2.75) is 20.0 Å². The number of amides is 2. The summed E-state index contributed by atoms with van der Waals surface area (Å²) in [5, 5.41) is 6.90. The fraction of sp³-hybridized carbons (Fsp3) is 0.158. The maximum absolute atomic E-state index is 12.6. The summed E-state index contributed by atoms with van der Waals surface area (Å²) < 4.78 is 11.2. The third-order valence-electron chi connectivity index (χ3n) is 4.27. The van der Waals surface area contributed by atoms with E-state index in [4.69, 9.17) is 20.8 Å². The van der Waals surface area contributed by atoms with Crippen molar-refractivity contribution in [2.75, 3.05) is 10.6 Å². The molecule has 0 saturated heterocycles. The van der Waals surface area contributed by atoms with E-state index in [9.17, 15) is 9.59 Å². The highest BCUT2D eigenvalue weighted by Crippen LogP contribution is 2.33. The van der Waals surface area contributed by atoms with Crippen LogP contribution >= 0.6 is 11.6 Å². The Balaban J connectivity index is 1.62. The summed E-state index contributed by atoms with van der Waals surface area (Å²) >= 11 is 6.01. The molecule has 2 heterocycles. The number of nitrogens with one attached hydrogen (secondary N) is 2. The molecule has 0 aliphatic carbocycles. The molecule has 2 aromatic carbocycles. The first-order valence-corrected chi connectivity index (χ1v) is 8.42. The molecule has 0 spiro atoms. The maximum atomic E-state index is 12.6. The monoisotopic (exact) mass is 370 g/mol. The fourth-order valence-corrected chi connectivity index (χ4v) is 3.06. The molecule has 132 valence electrons. The first-order valence-electron chi connectivity index (χ1n) is 8.04. The molecular weight excluding hydrogens is 356 g/mol.